The fraction of sp³-hybridized carbons (Fsp3) is 0.316. The average Bonchev–Trinajstić information content (AvgIpc) is 2.62. The summed E-state index contributed by atoms with van der Waals surface area (Å²) < 4.78 is 18.7. The first-order valence-electron chi connectivity index (χ1n) is 7.97. The van der Waals surface area contributed by atoms with E-state index in [0.29, 0.717) is 30.3 Å². The van der Waals surface area contributed by atoms with E-state index in [1.54, 1.807) is 36.4 Å². The second-order valence-corrected chi connectivity index (χ2v) is 6.53. The number of hydrogen-bond donors (Lipinski definition) is 1. The Hall–Kier alpha value is -1.91. The third-order valence-electron chi connectivity index (χ3n) is 4.60. The van der Waals surface area contributed by atoms with Crippen molar-refractivity contribution in [3.8, 4) is 0 Å². The molecule has 2 aromatic carbocycles. The second-order valence-electron chi connectivity index (χ2n) is 6.09. The largest absolute Gasteiger partial charge is 0.381 e. The maximum Gasteiger partial charge on any atom is 0.251 e. The van der Waals surface area contributed by atoms with Crippen LogP contribution in [0, 0.1) is 5.82 Å². The molecule has 5 heteroatoms. The number of carbonyl (C=O) groups is 1. The van der Waals surface area contributed by atoms with E-state index in [-0.39, 0.29) is 17.1 Å². The Kier molecular flexibility index (Phi) is 5.17. The van der Waals surface area contributed by atoms with Crippen LogP contribution in [-0.2, 0) is 10.2 Å². The summed E-state index contributed by atoms with van der Waals surface area (Å²) >= 11 is 5.85. The van der Waals surface area contributed by atoms with Crippen LogP contribution in [0.5, 0.6) is 0 Å². The lowest BCUT2D eigenvalue weighted by Crippen LogP contribution is -2.44. The van der Waals surface area contributed by atoms with E-state index in [4.69, 9.17) is 16.3 Å². The van der Waals surface area contributed by atoms with Crippen molar-refractivity contribution >= 4 is 17.5 Å². The van der Waals surface area contributed by atoms with Gasteiger partial charge in [-0.3, -0.25) is 4.79 Å². The first kappa shape index (κ1) is 16.9. The molecule has 1 fully saturated rings. The van der Waals surface area contributed by atoms with Crippen molar-refractivity contribution in [1.82, 2.24) is 5.32 Å². The number of benzene rings is 2. The number of rotatable bonds is 4. The topological polar surface area (TPSA) is 38.3 Å². The van der Waals surface area contributed by atoms with Gasteiger partial charge >= 0.3 is 0 Å². The summed E-state index contributed by atoms with van der Waals surface area (Å²) in [5.74, 6) is -0.397. The lowest BCUT2D eigenvalue weighted by molar-refractivity contribution is 0.0487. The molecular weight excluding hydrogens is 329 g/mol. The first-order valence-corrected chi connectivity index (χ1v) is 8.34. The van der Waals surface area contributed by atoms with Gasteiger partial charge in [0.25, 0.3) is 5.91 Å². The first-order chi connectivity index (χ1) is 11.6. The van der Waals surface area contributed by atoms with Gasteiger partial charge in [0.1, 0.15) is 5.82 Å². The van der Waals surface area contributed by atoms with Crippen molar-refractivity contribution in [2.75, 3.05) is 19.8 Å². The Morgan fingerprint density at radius 1 is 1.08 bits per heavy atom. The molecule has 126 valence electrons. The highest BCUT2D eigenvalue weighted by Gasteiger charge is 2.34. The highest BCUT2D eigenvalue weighted by Crippen LogP contribution is 2.34. The summed E-state index contributed by atoms with van der Waals surface area (Å²) in [4.78, 5) is 12.4. The molecule has 1 heterocycles. The normalized spacial score (nSPS) is 16.6. The molecule has 3 rings (SSSR count). The number of hydrogen-bond acceptors (Lipinski definition) is 2. The van der Waals surface area contributed by atoms with Crippen molar-refractivity contribution in [3.05, 3.63) is 70.5 Å². The number of amides is 1. The molecule has 0 unspecified atom stereocenters. The van der Waals surface area contributed by atoms with Crippen LogP contribution in [-0.4, -0.2) is 25.7 Å². The van der Waals surface area contributed by atoms with Gasteiger partial charge in [0.15, 0.2) is 0 Å². The van der Waals surface area contributed by atoms with E-state index in [2.05, 4.69) is 5.32 Å². The van der Waals surface area contributed by atoms with Gasteiger partial charge in [-0.2, -0.15) is 0 Å². The molecule has 0 bridgehead atoms. The van der Waals surface area contributed by atoms with Crippen LogP contribution in [0.4, 0.5) is 4.39 Å². The molecule has 24 heavy (non-hydrogen) atoms. The minimum absolute atomic E-state index is 0.139. The fourth-order valence-corrected chi connectivity index (χ4v) is 3.21. The zero-order valence-electron chi connectivity index (χ0n) is 13.2. The van der Waals surface area contributed by atoms with E-state index < -0.39 is 0 Å². The molecule has 3 nitrogen and oxygen atoms in total. The fourth-order valence-electron chi connectivity index (χ4n) is 3.09. The Morgan fingerprint density at radius 3 is 2.33 bits per heavy atom. The van der Waals surface area contributed by atoms with Gasteiger partial charge in [-0.25, -0.2) is 4.39 Å². The number of halogens is 2. The zero-order valence-corrected chi connectivity index (χ0v) is 14.0. The van der Waals surface area contributed by atoms with Crippen molar-refractivity contribution in [3.63, 3.8) is 0 Å². The average molecular weight is 348 g/mol. The highest BCUT2D eigenvalue weighted by molar-refractivity contribution is 6.30. The highest BCUT2D eigenvalue weighted by atomic mass is 35.5. The van der Waals surface area contributed by atoms with Crippen LogP contribution in [0.1, 0.15) is 28.8 Å². The van der Waals surface area contributed by atoms with Crippen LogP contribution in [0.3, 0.4) is 0 Å². The van der Waals surface area contributed by atoms with Gasteiger partial charge in [0.05, 0.1) is 0 Å². The molecule has 0 saturated carbocycles. The molecule has 0 spiro atoms. The summed E-state index contributed by atoms with van der Waals surface area (Å²) in [5.41, 5.74) is 1.37. The lowest BCUT2D eigenvalue weighted by Gasteiger charge is -2.38. The van der Waals surface area contributed by atoms with E-state index in [1.807, 2.05) is 0 Å². The SMILES string of the molecule is O=C(NCC1(c2ccc(F)cc2)CCOCC1)c1ccc(Cl)cc1. The van der Waals surface area contributed by atoms with Gasteiger partial charge in [-0.15, -0.1) is 0 Å². The smallest absolute Gasteiger partial charge is 0.251 e. The van der Waals surface area contributed by atoms with Crippen LogP contribution >= 0.6 is 11.6 Å². The Labute approximate surface area is 145 Å². The Balaban J connectivity index is 1.76. The molecule has 1 aliphatic heterocycles. The maximum absolute atomic E-state index is 13.2. The number of carbonyl (C=O) groups excluding carboxylic acids is 1. The van der Waals surface area contributed by atoms with Crippen LogP contribution in [0.15, 0.2) is 48.5 Å². The molecule has 0 aromatic heterocycles. The Bertz CT molecular complexity index is 694. The minimum atomic E-state index is -0.258. The minimum Gasteiger partial charge on any atom is -0.381 e. The monoisotopic (exact) mass is 347 g/mol. The molecule has 1 amide bonds. The number of nitrogens with one attached hydrogen (secondary N) is 1. The van der Waals surface area contributed by atoms with Crippen molar-refractivity contribution in [1.29, 1.82) is 0 Å². The van der Waals surface area contributed by atoms with Gasteiger partial charge in [-0.1, -0.05) is 23.7 Å². The molecule has 0 atom stereocenters. The lowest BCUT2D eigenvalue weighted by atomic mass is 9.74. The third kappa shape index (κ3) is 3.77. The van der Waals surface area contributed by atoms with Crippen LogP contribution in [0.25, 0.3) is 0 Å². The van der Waals surface area contributed by atoms with E-state index in [1.165, 1.54) is 12.1 Å². The van der Waals surface area contributed by atoms with E-state index >= 15 is 0 Å². The summed E-state index contributed by atoms with van der Waals surface area (Å²) in [6.45, 7) is 1.76. The molecule has 2 aromatic rings. The van der Waals surface area contributed by atoms with Gasteiger partial charge < -0.3 is 10.1 Å². The summed E-state index contributed by atoms with van der Waals surface area (Å²) in [5, 5.41) is 3.61. The van der Waals surface area contributed by atoms with Crippen molar-refractivity contribution < 1.29 is 13.9 Å². The zero-order chi connectivity index (χ0) is 17.0. The van der Waals surface area contributed by atoms with E-state index in [0.717, 1.165) is 18.4 Å². The van der Waals surface area contributed by atoms with Crippen LogP contribution < -0.4 is 5.32 Å². The maximum atomic E-state index is 13.2. The number of ether oxygens (including phenoxy) is 1. The van der Waals surface area contributed by atoms with Gasteiger partial charge in [0.2, 0.25) is 0 Å². The molecular formula is C19H19ClFNO2. The summed E-state index contributed by atoms with van der Waals surface area (Å²) in [6.07, 6.45) is 1.58. The van der Waals surface area contributed by atoms with Crippen molar-refractivity contribution in [2.45, 2.75) is 18.3 Å². The van der Waals surface area contributed by atoms with Gasteiger partial charge in [-0.05, 0) is 54.8 Å². The van der Waals surface area contributed by atoms with E-state index in [9.17, 15) is 9.18 Å². The van der Waals surface area contributed by atoms with Gasteiger partial charge in [0, 0.05) is 35.8 Å². The predicted molar refractivity (Wildman–Crippen MR) is 91.9 cm³/mol. The molecule has 0 aliphatic carbocycles. The standard InChI is InChI=1S/C19H19ClFNO2/c20-16-5-1-14(2-6-16)18(23)22-13-19(9-11-24-12-10-19)15-3-7-17(21)8-4-15/h1-8H,9-13H2,(H,22,23). The van der Waals surface area contributed by atoms with Crippen molar-refractivity contribution in [2.24, 2.45) is 0 Å². The van der Waals surface area contributed by atoms with Crippen LogP contribution in [0.2, 0.25) is 5.02 Å². The molecule has 1 N–H and O–H groups in total. The molecule has 1 aliphatic rings. The molecule has 1 saturated heterocycles. The summed E-state index contributed by atoms with van der Waals surface area (Å²) in [6, 6.07) is 13.3. The molecule has 0 radical (unpaired) electrons. The third-order valence-corrected chi connectivity index (χ3v) is 4.85. The second kappa shape index (κ2) is 7.32. The quantitative estimate of drug-likeness (QED) is 0.909. The predicted octanol–water partition coefficient (Wildman–Crippen LogP) is 3.96. The Morgan fingerprint density at radius 2 is 1.71 bits per heavy atom. The summed E-state index contributed by atoms with van der Waals surface area (Å²) in [7, 11) is 0.